The van der Waals surface area contributed by atoms with Gasteiger partial charge in [0, 0.05) is 13.0 Å². The van der Waals surface area contributed by atoms with Crippen molar-refractivity contribution in [3.8, 4) is 0 Å². The number of anilines is 1. The Labute approximate surface area is 111 Å². The highest BCUT2D eigenvalue weighted by molar-refractivity contribution is 9.11. The Hall–Kier alpha value is -1.15. The van der Waals surface area contributed by atoms with Crippen LogP contribution in [-0.4, -0.2) is 28.6 Å². The minimum atomic E-state index is -0.872. The van der Waals surface area contributed by atoms with Gasteiger partial charge in [0.05, 0.1) is 9.98 Å². The molecule has 0 aliphatic heterocycles. The van der Waals surface area contributed by atoms with Crippen molar-refractivity contribution in [1.82, 2.24) is 10.3 Å². The van der Waals surface area contributed by atoms with E-state index >= 15 is 0 Å². The Morgan fingerprint density at radius 1 is 1.65 bits per heavy atom. The molecule has 0 saturated carbocycles. The Morgan fingerprint density at radius 3 is 2.88 bits per heavy atom. The van der Waals surface area contributed by atoms with E-state index in [0.29, 0.717) is 11.7 Å². The fourth-order valence-corrected chi connectivity index (χ4v) is 2.19. The summed E-state index contributed by atoms with van der Waals surface area (Å²) in [4.78, 5) is 25.7. The van der Waals surface area contributed by atoms with Crippen LogP contribution in [0.3, 0.4) is 0 Å². The summed E-state index contributed by atoms with van der Waals surface area (Å²) < 4.78 is 0.826. The number of halogens is 1. The zero-order chi connectivity index (χ0) is 12.8. The fourth-order valence-electron chi connectivity index (χ4n) is 1.09. The van der Waals surface area contributed by atoms with Gasteiger partial charge < -0.3 is 10.4 Å². The van der Waals surface area contributed by atoms with Crippen molar-refractivity contribution in [3.63, 3.8) is 0 Å². The number of nitrogens with zero attached hydrogens (tertiary/aromatic N) is 1. The number of aromatic nitrogens is 1. The molecular weight excluding hydrogens is 310 g/mol. The van der Waals surface area contributed by atoms with Crippen molar-refractivity contribution in [1.29, 1.82) is 0 Å². The third-order valence-electron chi connectivity index (χ3n) is 1.83. The lowest BCUT2D eigenvalue weighted by Crippen LogP contribution is -2.32. The Kier molecular flexibility index (Phi) is 5.36. The van der Waals surface area contributed by atoms with Crippen molar-refractivity contribution >= 4 is 44.4 Å². The smallest absolute Gasteiger partial charge is 0.321 e. The first-order chi connectivity index (χ1) is 7.97. The van der Waals surface area contributed by atoms with Gasteiger partial charge in [-0.25, -0.2) is 9.78 Å². The summed E-state index contributed by atoms with van der Waals surface area (Å²) in [6.07, 6.45) is 1.62. The van der Waals surface area contributed by atoms with Gasteiger partial charge in [0.1, 0.15) is 0 Å². The summed E-state index contributed by atoms with van der Waals surface area (Å²) in [5, 5.41) is 14.2. The summed E-state index contributed by atoms with van der Waals surface area (Å²) >= 11 is 4.53. The molecule has 0 aliphatic carbocycles. The average molecular weight is 322 g/mol. The molecule has 2 amide bonds. The standard InChI is InChI=1S/C9H12BrN3O3S/c1-5(2-7(14)15)3-11-8(16)13-9-12-4-6(10)17-9/h4-5H,2-3H2,1H3,(H,14,15)(H2,11,12,13,16). The Bertz CT molecular complexity index is 410. The first kappa shape index (κ1) is 13.9. The molecule has 0 aromatic carbocycles. The van der Waals surface area contributed by atoms with E-state index < -0.39 is 5.97 Å². The van der Waals surface area contributed by atoms with Crippen LogP contribution >= 0.6 is 27.3 Å². The number of nitrogens with one attached hydrogen (secondary N) is 2. The Morgan fingerprint density at radius 2 is 2.35 bits per heavy atom. The summed E-state index contributed by atoms with van der Waals surface area (Å²) in [6.45, 7) is 2.07. The minimum absolute atomic E-state index is 0.0308. The van der Waals surface area contributed by atoms with Crippen LogP contribution in [0.2, 0.25) is 0 Å². The maximum Gasteiger partial charge on any atom is 0.321 e. The maximum atomic E-state index is 11.4. The van der Waals surface area contributed by atoms with E-state index in [1.807, 2.05) is 0 Å². The number of rotatable bonds is 5. The molecule has 0 aliphatic rings. The van der Waals surface area contributed by atoms with Gasteiger partial charge in [-0.1, -0.05) is 18.3 Å². The zero-order valence-corrected chi connectivity index (χ0v) is 11.5. The van der Waals surface area contributed by atoms with Crippen LogP contribution in [0.15, 0.2) is 9.98 Å². The van der Waals surface area contributed by atoms with Crippen LogP contribution in [0, 0.1) is 5.92 Å². The van der Waals surface area contributed by atoms with Crippen LogP contribution in [0.25, 0.3) is 0 Å². The van der Waals surface area contributed by atoms with Gasteiger partial charge in [-0.15, -0.1) is 0 Å². The maximum absolute atomic E-state index is 11.4. The number of urea groups is 1. The molecule has 1 unspecified atom stereocenters. The summed E-state index contributed by atoms with van der Waals surface area (Å²) in [6, 6.07) is -0.385. The molecular formula is C9H12BrN3O3S. The van der Waals surface area contributed by atoms with Crippen molar-refractivity contribution in [2.45, 2.75) is 13.3 Å². The predicted octanol–water partition coefficient (Wildman–Crippen LogP) is 2.14. The van der Waals surface area contributed by atoms with Crippen LogP contribution in [-0.2, 0) is 4.79 Å². The van der Waals surface area contributed by atoms with E-state index in [0.717, 1.165) is 3.79 Å². The largest absolute Gasteiger partial charge is 0.481 e. The fraction of sp³-hybridized carbons (Fsp3) is 0.444. The van der Waals surface area contributed by atoms with E-state index in [1.165, 1.54) is 11.3 Å². The Balaban J connectivity index is 2.28. The molecule has 0 spiro atoms. The molecule has 3 N–H and O–H groups in total. The summed E-state index contributed by atoms with van der Waals surface area (Å²) in [5.41, 5.74) is 0. The van der Waals surface area contributed by atoms with Crippen LogP contribution < -0.4 is 10.6 Å². The molecule has 17 heavy (non-hydrogen) atoms. The lowest BCUT2D eigenvalue weighted by atomic mass is 10.1. The van der Waals surface area contributed by atoms with Crippen molar-refractivity contribution in [2.24, 2.45) is 5.92 Å². The number of carboxylic acid groups (broad SMARTS) is 1. The van der Waals surface area contributed by atoms with E-state index in [2.05, 4.69) is 31.5 Å². The monoisotopic (exact) mass is 321 g/mol. The number of carboxylic acids is 1. The molecule has 1 atom stereocenters. The molecule has 6 nitrogen and oxygen atoms in total. The van der Waals surface area contributed by atoms with Crippen LogP contribution in [0.1, 0.15) is 13.3 Å². The number of hydrogen-bond acceptors (Lipinski definition) is 4. The van der Waals surface area contributed by atoms with E-state index in [9.17, 15) is 9.59 Å². The highest BCUT2D eigenvalue weighted by atomic mass is 79.9. The van der Waals surface area contributed by atoms with E-state index in [1.54, 1.807) is 13.1 Å². The number of amides is 2. The van der Waals surface area contributed by atoms with Gasteiger partial charge in [-0.2, -0.15) is 0 Å². The van der Waals surface area contributed by atoms with Gasteiger partial charge in [0.25, 0.3) is 0 Å². The number of carbonyl (C=O) groups excluding carboxylic acids is 1. The van der Waals surface area contributed by atoms with E-state index in [4.69, 9.17) is 5.11 Å². The minimum Gasteiger partial charge on any atom is -0.481 e. The molecule has 0 bridgehead atoms. The van der Waals surface area contributed by atoms with E-state index in [-0.39, 0.29) is 18.4 Å². The molecule has 8 heteroatoms. The first-order valence-corrected chi connectivity index (χ1v) is 6.46. The third-order valence-corrected chi connectivity index (χ3v) is 3.22. The second-order valence-corrected chi connectivity index (χ2v) is 5.92. The van der Waals surface area contributed by atoms with Gasteiger partial charge in [0.15, 0.2) is 5.13 Å². The molecule has 1 aromatic rings. The quantitative estimate of drug-likeness (QED) is 0.774. The molecule has 1 aromatic heterocycles. The molecule has 1 rings (SSSR count). The molecule has 0 saturated heterocycles. The zero-order valence-electron chi connectivity index (χ0n) is 9.07. The van der Waals surface area contributed by atoms with Crippen LogP contribution in [0.5, 0.6) is 0 Å². The molecule has 94 valence electrons. The number of carbonyl (C=O) groups is 2. The average Bonchev–Trinajstić information content (AvgIpc) is 2.60. The third kappa shape index (κ3) is 5.64. The predicted molar refractivity (Wildman–Crippen MR) is 68.3 cm³/mol. The second kappa shape index (κ2) is 6.55. The van der Waals surface area contributed by atoms with Crippen molar-refractivity contribution in [3.05, 3.63) is 9.98 Å². The SMILES string of the molecule is CC(CNC(=O)Nc1ncc(Br)s1)CC(=O)O. The lowest BCUT2D eigenvalue weighted by molar-refractivity contribution is -0.137. The number of hydrogen-bond donors (Lipinski definition) is 3. The molecule has 0 fully saturated rings. The molecule has 0 radical (unpaired) electrons. The topological polar surface area (TPSA) is 91.3 Å². The van der Waals surface area contributed by atoms with Crippen molar-refractivity contribution < 1.29 is 14.7 Å². The summed E-state index contributed by atoms with van der Waals surface area (Å²) in [5.74, 6) is -0.982. The van der Waals surface area contributed by atoms with Crippen molar-refractivity contribution in [2.75, 3.05) is 11.9 Å². The lowest BCUT2D eigenvalue weighted by Gasteiger charge is -2.10. The number of aliphatic carboxylic acids is 1. The van der Waals surface area contributed by atoms with Gasteiger partial charge in [0.2, 0.25) is 0 Å². The van der Waals surface area contributed by atoms with Gasteiger partial charge in [-0.05, 0) is 21.8 Å². The van der Waals surface area contributed by atoms with Gasteiger partial charge in [-0.3, -0.25) is 10.1 Å². The highest BCUT2D eigenvalue weighted by Crippen LogP contribution is 2.22. The highest BCUT2D eigenvalue weighted by Gasteiger charge is 2.10. The van der Waals surface area contributed by atoms with Crippen LogP contribution in [0.4, 0.5) is 9.93 Å². The summed E-state index contributed by atoms with van der Waals surface area (Å²) in [7, 11) is 0. The molecule has 1 heterocycles. The first-order valence-electron chi connectivity index (χ1n) is 4.85. The number of thiazole rings is 1. The second-order valence-electron chi connectivity index (χ2n) is 3.51. The van der Waals surface area contributed by atoms with Gasteiger partial charge >= 0.3 is 12.0 Å². The normalized spacial score (nSPS) is 11.9.